The molecule has 0 saturated carbocycles. The van der Waals surface area contributed by atoms with Crippen LogP contribution in [0, 0.1) is 13.8 Å². The number of benzene rings is 1. The quantitative estimate of drug-likeness (QED) is 0.768. The van der Waals surface area contributed by atoms with Gasteiger partial charge in [0.25, 0.3) is 10.0 Å². The van der Waals surface area contributed by atoms with Gasteiger partial charge in [-0.15, -0.1) is 0 Å². The van der Waals surface area contributed by atoms with Crippen molar-refractivity contribution in [3.63, 3.8) is 0 Å². The highest BCUT2D eigenvalue weighted by atomic mass is 35.5. The van der Waals surface area contributed by atoms with Crippen LogP contribution in [-0.2, 0) is 17.1 Å². The van der Waals surface area contributed by atoms with E-state index in [2.05, 4.69) is 4.98 Å². The molecule has 0 spiro atoms. The van der Waals surface area contributed by atoms with Gasteiger partial charge in [-0.25, -0.2) is 4.98 Å². The molecule has 0 aliphatic rings. The summed E-state index contributed by atoms with van der Waals surface area (Å²) in [5, 5.41) is -0.0148. The molecule has 6 nitrogen and oxygen atoms in total. The second-order valence-electron chi connectivity index (χ2n) is 6.54. The standard InChI is InChI=1S/C17H25ClN4O2S/c1-12-8-7-9-13(2)15(12)22(10-14(3)20(4)5)25(23,24)17-16(18)21(6)11-19-17/h7-9,11,14H,10H2,1-6H3. The minimum absolute atomic E-state index is 0.0104. The Morgan fingerprint density at radius 1 is 1.24 bits per heavy atom. The Labute approximate surface area is 155 Å². The van der Waals surface area contributed by atoms with Crippen molar-refractivity contribution in [2.75, 3.05) is 24.9 Å². The van der Waals surface area contributed by atoms with Crippen molar-refractivity contribution >= 4 is 27.3 Å². The lowest BCUT2D eigenvalue weighted by molar-refractivity contribution is 0.320. The van der Waals surface area contributed by atoms with E-state index in [1.807, 2.05) is 58.0 Å². The lowest BCUT2D eigenvalue weighted by Crippen LogP contribution is -2.42. The first-order valence-electron chi connectivity index (χ1n) is 7.99. The Morgan fingerprint density at radius 2 is 1.80 bits per heavy atom. The van der Waals surface area contributed by atoms with Crippen LogP contribution in [0.4, 0.5) is 5.69 Å². The summed E-state index contributed by atoms with van der Waals surface area (Å²) in [4.78, 5) is 6.01. The predicted octanol–water partition coefficient (Wildman–Crippen LogP) is 2.84. The third-order valence-corrected chi connectivity index (χ3v) is 6.63. The summed E-state index contributed by atoms with van der Waals surface area (Å²) in [6, 6.07) is 5.75. The van der Waals surface area contributed by atoms with E-state index in [0.29, 0.717) is 12.2 Å². The first-order valence-corrected chi connectivity index (χ1v) is 9.81. The normalized spacial score (nSPS) is 13.3. The number of imidazole rings is 1. The smallest absolute Gasteiger partial charge is 0.285 e. The van der Waals surface area contributed by atoms with Gasteiger partial charge < -0.3 is 9.47 Å². The number of rotatable bonds is 6. The van der Waals surface area contributed by atoms with E-state index in [4.69, 9.17) is 11.6 Å². The van der Waals surface area contributed by atoms with Crippen molar-refractivity contribution in [3.05, 3.63) is 40.8 Å². The SMILES string of the molecule is Cc1cccc(C)c1N(CC(C)N(C)C)S(=O)(=O)c1ncn(C)c1Cl. The van der Waals surface area contributed by atoms with Crippen LogP contribution in [0.25, 0.3) is 0 Å². The summed E-state index contributed by atoms with van der Waals surface area (Å²) < 4.78 is 29.7. The molecule has 0 N–H and O–H groups in total. The van der Waals surface area contributed by atoms with E-state index < -0.39 is 10.0 Å². The molecule has 0 fully saturated rings. The average molecular weight is 385 g/mol. The highest BCUT2D eigenvalue weighted by Crippen LogP contribution is 2.32. The number of likely N-dealkylation sites (N-methyl/N-ethyl adjacent to an activating group) is 1. The molecule has 1 aromatic carbocycles. The molecule has 1 heterocycles. The first-order chi connectivity index (χ1) is 11.6. The zero-order valence-corrected chi connectivity index (χ0v) is 17.1. The second-order valence-corrected chi connectivity index (χ2v) is 8.68. The highest BCUT2D eigenvalue weighted by molar-refractivity contribution is 7.92. The zero-order chi connectivity index (χ0) is 18.9. The zero-order valence-electron chi connectivity index (χ0n) is 15.5. The van der Waals surface area contributed by atoms with E-state index in [1.165, 1.54) is 15.2 Å². The fourth-order valence-electron chi connectivity index (χ4n) is 2.58. The van der Waals surface area contributed by atoms with Crippen LogP contribution >= 0.6 is 11.6 Å². The van der Waals surface area contributed by atoms with Crippen LogP contribution in [0.5, 0.6) is 0 Å². The number of halogens is 1. The molecular weight excluding hydrogens is 360 g/mol. The molecule has 25 heavy (non-hydrogen) atoms. The van der Waals surface area contributed by atoms with Gasteiger partial charge >= 0.3 is 0 Å². The number of nitrogens with zero attached hydrogens (tertiary/aromatic N) is 4. The molecule has 8 heteroatoms. The number of sulfonamides is 1. The average Bonchev–Trinajstić information content (AvgIpc) is 2.86. The van der Waals surface area contributed by atoms with Crippen LogP contribution in [0.1, 0.15) is 18.1 Å². The van der Waals surface area contributed by atoms with Gasteiger partial charge in [0.1, 0.15) is 5.15 Å². The van der Waals surface area contributed by atoms with E-state index in [-0.39, 0.29) is 16.2 Å². The van der Waals surface area contributed by atoms with Crippen molar-refractivity contribution in [2.24, 2.45) is 7.05 Å². The number of anilines is 1. The molecule has 2 rings (SSSR count). The molecule has 0 saturated heterocycles. The molecule has 1 atom stereocenters. The predicted molar refractivity (Wildman–Crippen MR) is 102 cm³/mol. The fraction of sp³-hybridized carbons (Fsp3) is 0.471. The largest absolute Gasteiger partial charge is 0.324 e. The van der Waals surface area contributed by atoms with E-state index in [9.17, 15) is 8.42 Å². The maximum absolute atomic E-state index is 13.4. The molecule has 0 amide bonds. The molecular formula is C17H25ClN4O2S. The Hall–Kier alpha value is -1.57. The van der Waals surface area contributed by atoms with Gasteiger partial charge in [0.05, 0.1) is 12.0 Å². The monoisotopic (exact) mass is 384 g/mol. The molecule has 1 unspecified atom stereocenters. The van der Waals surface area contributed by atoms with E-state index >= 15 is 0 Å². The van der Waals surface area contributed by atoms with Gasteiger partial charge in [0, 0.05) is 19.6 Å². The van der Waals surface area contributed by atoms with Gasteiger partial charge in [-0.1, -0.05) is 29.8 Å². The Bertz CT molecular complexity index is 841. The molecule has 2 aromatic rings. The topological polar surface area (TPSA) is 58.4 Å². The van der Waals surface area contributed by atoms with Crippen molar-refractivity contribution in [2.45, 2.75) is 31.8 Å². The summed E-state index contributed by atoms with van der Waals surface area (Å²) in [5.74, 6) is 0. The summed E-state index contributed by atoms with van der Waals surface area (Å²) in [6.07, 6.45) is 1.41. The summed E-state index contributed by atoms with van der Waals surface area (Å²) in [6.45, 7) is 6.10. The summed E-state index contributed by atoms with van der Waals surface area (Å²) >= 11 is 6.19. The lowest BCUT2D eigenvalue weighted by Gasteiger charge is -2.31. The van der Waals surface area contributed by atoms with E-state index in [1.54, 1.807) is 7.05 Å². The van der Waals surface area contributed by atoms with Crippen molar-refractivity contribution < 1.29 is 8.42 Å². The third-order valence-electron chi connectivity index (χ3n) is 4.37. The number of para-hydroxylation sites is 1. The third kappa shape index (κ3) is 3.83. The van der Waals surface area contributed by atoms with Crippen LogP contribution in [0.3, 0.4) is 0 Å². The molecule has 138 valence electrons. The highest BCUT2D eigenvalue weighted by Gasteiger charge is 2.33. The molecule has 0 aliphatic heterocycles. The van der Waals surface area contributed by atoms with Gasteiger partial charge in [-0.2, -0.15) is 8.42 Å². The van der Waals surface area contributed by atoms with Crippen LogP contribution < -0.4 is 4.31 Å². The van der Waals surface area contributed by atoms with Crippen molar-refractivity contribution in [1.82, 2.24) is 14.5 Å². The van der Waals surface area contributed by atoms with Gasteiger partial charge in [0.2, 0.25) is 5.03 Å². The lowest BCUT2D eigenvalue weighted by atomic mass is 10.1. The van der Waals surface area contributed by atoms with Gasteiger partial charge in [0.15, 0.2) is 0 Å². The van der Waals surface area contributed by atoms with Gasteiger partial charge in [-0.05, 0) is 46.0 Å². The van der Waals surface area contributed by atoms with E-state index in [0.717, 1.165) is 11.1 Å². The molecule has 0 aliphatic carbocycles. The summed E-state index contributed by atoms with van der Waals surface area (Å²) in [7, 11) is 1.62. The number of aromatic nitrogens is 2. The number of hydrogen-bond acceptors (Lipinski definition) is 4. The minimum Gasteiger partial charge on any atom is -0.324 e. The molecule has 1 aromatic heterocycles. The molecule has 0 bridgehead atoms. The van der Waals surface area contributed by atoms with Crippen molar-refractivity contribution in [1.29, 1.82) is 0 Å². The van der Waals surface area contributed by atoms with Crippen molar-refractivity contribution in [3.8, 4) is 0 Å². The second kappa shape index (κ2) is 7.35. The molecule has 0 radical (unpaired) electrons. The fourth-order valence-corrected chi connectivity index (χ4v) is 4.65. The Kier molecular flexibility index (Phi) is 5.81. The van der Waals surface area contributed by atoms with Crippen LogP contribution in [0.2, 0.25) is 5.15 Å². The van der Waals surface area contributed by atoms with Crippen LogP contribution in [0.15, 0.2) is 29.6 Å². The Morgan fingerprint density at radius 3 is 2.24 bits per heavy atom. The van der Waals surface area contributed by atoms with Crippen LogP contribution in [-0.4, -0.2) is 49.6 Å². The number of aryl methyl sites for hydroxylation is 3. The minimum atomic E-state index is -3.89. The first kappa shape index (κ1) is 19.8. The maximum atomic E-state index is 13.4. The maximum Gasteiger partial charge on any atom is 0.285 e. The Balaban J connectivity index is 2.65. The summed E-state index contributed by atoms with van der Waals surface area (Å²) in [5.41, 5.74) is 2.46. The van der Waals surface area contributed by atoms with Gasteiger partial charge in [-0.3, -0.25) is 4.31 Å². The number of hydrogen-bond donors (Lipinski definition) is 0.